The molecule has 0 radical (unpaired) electrons. The smallest absolute Gasteiger partial charge is 0.179 e. The molecule has 4 nitrogen and oxygen atoms in total. The monoisotopic (exact) mass is 387 g/mol. The fraction of sp³-hybridized carbons (Fsp3) is 0.294. The van der Waals surface area contributed by atoms with E-state index in [1.807, 2.05) is 24.1 Å². The first-order valence-electron chi connectivity index (χ1n) is 7.30. The standard InChI is InChI=1S/C17H19Cl2NO3S/c1-20(12-13-8-14(18)10-15(19)9-13)6-7-24(21,22)17-5-3-4-16(11-17)23-2/h3-5,8-11H,6-7,12H2,1-2H3. The molecule has 0 aliphatic carbocycles. The Labute approximate surface area is 152 Å². The molecule has 2 aromatic rings. The van der Waals surface area contributed by atoms with Crippen molar-refractivity contribution in [2.75, 3.05) is 26.5 Å². The first-order chi connectivity index (χ1) is 11.3. The largest absolute Gasteiger partial charge is 0.497 e. The summed E-state index contributed by atoms with van der Waals surface area (Å²) < 4.78 is 30.0. The average Bonchev–Trinajstić information content (AvgIpc) is 2.52. The Hall–Kier alpha value is -1.27. The molecule has 0 bridgehead atoms. The molecule has 0 fully saturated rings. The molecule has 0 aliphatic rings. The second-order valence-electron chi connectivity index (χ2n) is 5.51. The van der Waals surface area contributed by atoms with Gasteiger partial charge >= 0.3 is 0 Å². The van der Waals surface area contributed by atoms with Gasteiger partial charge in [0, 0.05) is 23.1 Å². The minimum Gasteiger partial charge on any atom is -0.497 e. The molecule has 2 aromatic carbocycles. The van der Waals surface area contributed by atoms with Crippen molar-refractivity contribution in [2.45, 2.75) is 11.4 Å². The molecule has 0 aliphatic heterocycles. The van der Waals surface area contributed by atoms with Crippen molar-refractivity contribution in [2.24, 2.45) is 0 Å². The molecule has 2 rings (SSSR count). The number of ether oxygens (including phenoxy) is 1. The highest BCUT2D eigenvalue weighted by Crippen LogP contribution is 2.21. The van der Waals surface area contributed by atoms with E-state index < -0.39 is 9.84 Å². The van der Waals surface area contributed by atoms with Crippen LogP contribution in [0.5, 0.6) is 5.75 Å². The maximum Gasteiger partial charge on any atom is 0.179 e. The summed E-state index contributed by atoms with van der Waals surface area (Å²) in [7, 11) is -0.00374. The van der Waals surface area contributed by atoms with Gasteiger partial charge in [0.1, 0.15) is 5.75 Å². The number of halogens is 2. The molecule has 130 valence electrons. The number of hydrogen-bond donors (Lipinski definition) is 0. The van der Waals surface area contributed by atoms with Crippen LogP contribution in [-0.4, -0.2) is 39.8 Å². The second-order valence-corrected chi connectivity index (χ2v) is 8.50. The summed E-state index contributed by atoms with van der Waals surface area (Å²) in [5.41, 5.74) is 0.939. The van der Waals surface area contributed by atoms with Gasteiger partial charge in [0.2, 0.25) is 0 Å². The van der Waals surface area contributed by atoms with Gasteiger partial charge in [-0.2, -0.15) is 0 Å². The van der Waals surface area contributed by atoms with Crippen LogP contribution in [0.4, 0.5) is 0 Å². The Morgan fingerprint density at radius 1 is 1.08 bits per heavy atom. The lowest BCUT2D eigenvalue weighted by Crippen LogP contribution is -2.25. The third-order valence-electron chi connectivity index (χ3n) is 3.52. The van der Waals surface area contributed by atoms with E-state index in [4.69, 9.17) is 27.9 Å². The minimum atomic E-state index is -3.37. The molecule has 0 saturated heterocycles. The highest BCUT2D eigenvalue weighted by Gasteiger charge is 2.16. The first-order valence-corrected chi connectivity index (χ1v) is 9.71. The van der Waals surface area contributed by atoms with Crippen molar-refractivity contribution in [1.29, 1.82) is 0 Å². The van der Waals surface area contributed by atoms with Crippen molar-refractivity contribution in [1.82, 2.24) is 4.90 Å². The maximum absolute atomic E-state index is 12.4. The normalized spacial score (nSPS) is 11.7. The number of hydrogen-bond acceptors (Lipinski definition) is 4. The third-order valence-corrected chi connectivity index (χ3v) is 5.65. The van der Waals surface area contributed by atoms with E-state index in [0.29, 0.717) is 28.9 Å². The van der Waals surface area contributed by atoms with Gasteiger partial charge in [0.05, 0.1) is 17.8 Å². The lowest BCUT2D eigenvalue weighted by molar-refractivity contribution is 0.346. The van der Waals surface area contributed by atoms with Gasteiger partial charge in [-0.15, -0.1) is 0 Å². The quantitative estimate of drug-likeness (QED) is 0.722. The van der Waals surface area contributed by atoms with Crippen LogP contribution in [0.2, 0.25) is 10.0 Å². The molecule has 0 spiro atoms. The number of sulfone groups is 1. The van der Waals surface area contributed by atoms with Gasteiger partial charge in [-0.1, -0.05) is 29.3 Å². The summed E-state index contributed by atoms with van der Waals surface area (Å²) in [5, 5.41) is 1.13. The van der Waals surface area contributed by atoms with Crippen molar-refractivity contribution in [3.05, 3.63) is 58.1 Å². The van der Waals surface area contributed by atoms with E-state index in [9.17, 15) is 8.42 Å². The number of nitrogens with zero attached hydrogens (tertiary/aromatic N) is 1. The average molecular weight is 388 g/mol. The zero-order valence-corrected chi connectivity index (χ0v) is 15.8. The van der Waals surface area contributed by atoms with Crippen molar-refractivity contribution >= 4 is 33.0 Å². The lowest BCUT2D eigenvalue weighted by atomic mass is 10.2. The van der Waals surface area contributed by atoms with Gasteiger partial charge in [0.15, 0.2) is 9.84 Å². The van der Waals surface area contributed by atoms with E-state index in [2.05, 4.69) is 0 Å². The topological polar surface area (TPSA) is 46.6 Å². The number of benzene rings is 2. The van der Waals surface area contributed by atoms with Gasteiger partial charge in [-0.3, -0.25) is 0 Å². The molecule has 0 aromatic heterocycles. The van der Waals surface area contributed by atoms with Gasteiger partial charge in [-0.05, 0) is 49.0 Å². The molecule has 0 N–H and O–H groups in total. The van der Waals surface area contributed by atoms with Crippen LogP contribution in [0.15, 0.2) is 47.4 Å². The van der Waals surface area contributed by atoms with Gasteiger partial charge in [0.25, 0.3) is 0 Å². The fourth-order valence-corrected chi connectivity index (χ4v) is 4.22. The van der Waals surface area contributed by atoms with Crippen LogP contribution >= 0.6 is 23.2 Å². The van der Waals surface area contributed by atoms with Crippen LogP contribution in [-0.2, 0) is 16.4 Å². The summed E-state index contributed by atoms with van der Waals surface area (Å²) in [6.07, 6.45) is 0. The van der Waals surface area contributed by atoms with Crippen molar-refractivity contribution in [3.63, 3.8) is 0 Å². The molecule has 0 amide bonds. The Morgan fingerprint density at radius 3 is 2.38 bits per heavy atom. The van der Waals surface area contributed by atoms with Crippen LogP contribution in [0.3, 0.4) is 0 Å². The molecule has 24 heavy (non-hydrogen) atoms. The molecule has 0 saturated carbocycles. The maximum atomic E-state index is 12.4. The first kappa shape index (κ1) is 19.1. The molecule has 0 heterocycles. The summed E-state index contributed by atoms with van der Waals surface area (Å²) in [6.45, 7) is 0.956. The van der Waals surface area contributed by atoms with Crippen molar-refractivity contribution < 1.29 is 13.2 Å². The van der Waals surface area contributed by atoms with E-state index in [1.54, 1.807) is 24.3 Å². The SMILES string of the molecule is COc1cccc(S(=O)(=O)CCN(C)Cc2cc(Cl)cc(Cl)c2)c1. The summed E-state index contributed by atoms with van der Waals surface area (Å²) in [5.74, 6) is 0.545. The third kappa shape index (κ3) is 5.38. The van der Waals surface area contributed by atoms with Gasteiger partial charge < -0.3 is 9.64 Å². The van der Waals surface area contributed by atoms with E-state index in [1.165, 1.54) is 13.2 Å². The Bertz CT molecular complexity index is 789. The molecular weight excluding hydrogens is 369 g/mol. The van der Waals surface area contributed by atoms with Crippen molar-refractivity contribution in [3.8, 4) is 5.75 Å². The molecule has 0 unspecified atom stereocenters. The zero-order chi connectivity index (χ0) is 17.7. The highest BCUT2D eigenvalue weighted by molar-refractivity contribution is 7.91. The van der Waals surface area contributed by atoms with E-state index >= 15 is 0 Å². The second kappa shape index (κ2) is 8.21. The Kier molecular flexibility index (Phi) is 6.52. The van der Waals surface area contributed by atoms with Gasteiger partial charge in [-0.25, -0.2) is 8.42 Å². The predicted molar refractivity (Wildman–Crippen MR) is 97.8 cm³/mol. The molecule has 0 atom stereocenters. The molecular formula is C17H19Cl2NO3S. The fourth-order valence-electron chi connectivity index (χ4n) is 2.28. The summed E-state index contributed by atoms with van der Waals surface area (Å²) in [6, 6.07) is 11.8. The van der Waals surface area contributed by atoms with E-state index in [0.717, 1.165) is 5.56 Å². The Morgan fingerprint density at radius 2 is 1.75 bits per heavy atom. The number of methoxy groups -OCH3 is 1. The van der Waals surface area contributed by atoms with Crippen LogP contribution < -0.4 is 4.74 Å². The van der Waals surface area contributed by atoms with Crippen LogP contribution in [0.25, 0.3) is 0 Å². The zero-order valence-electron chi connectivity index (χ0n) is 13.5. The van der Waals surface area contributed by atoms with Crippen LogP contribution in [0, 0.1) is 0 Å². The van der Waals surface area contributed by atoms with Crippen LogP contribution in [0.1, 0.15) is 5.56 Å². The highest BCUT2D eigenvalue weighted by atomic mass is 35.5. The lowest BCUT2D eigenvalue weighted by Gasteiger charge is -2.17. The number of rotatable bonds is 7. The minimum absolute atomic E-state index is 0.0188. The summed E-state index contributed by atoms with van der Waals surface area (Å²) in [4.78, 5) is 2.18. The Balaban J connectivity index is 2.00. The summed E-state index contributed by atoms with van der Waals surface area (Å²) >= 11 is 12.0. The predicted octanol–water partition coefficient (Wildman–Crippen LogP) is 3.91. The van der Waals surface area contributed by atoms with E-state index in [-0.39, 0.29) is 10.6 Å². The molecule has 7 heteroatoms.